The van der Waals surface area contributed by atoms with Crippen molar-refractivity contribution < 1.29 is 14.5 Å². The van der Waals surface area contributed by atoms with Crippen molar-refractivity contribution in [3.05, 3.63) is 81.9 Å². The SMILES string of the molecule is COc1ccc2cc(CN(C)C(=O)Cc3ccc([N+](=O)[O-])cc3)ccc2c1. The molecular weight excluding hydrogens is 344 g/mol. The first-order chi connectivity index (χ1) is 13.0. The molecule has 0 fully saturated rings. The summed E-state index contributed by atoms with van der Waals surface area (Å²) in [5.41, 5.74) is 1.81. The quantitative estimate of drug-likeness (QED) is 0.490. The van der Waals surface area contributed by atoms with Gasteiger partial charge in [-0.15, -0.1) is 0 Å². The molecule has 0 bridgehead atoms. The standard InChI is InChI=1S/C21H20N2O4/c1-22(21(24)12-15-4-8-19(9-5-15)23(25)26)14-16-3-6-18-13-20(27-2)10-7-17(18)11-16/h3-11,13H,12,14H2,1-2H3. The summed E-state index contributed by atoms with van der Waals surface area (Å²) in [6.07, 6.45) is 0.208. The third-order valence-corrected chi connectivity index (χ3v) is 4.46. The van der Waals surface area contributed by atoms with Crippen LogP contribution in [-0.2, 0) is 17.8 Å². The molecule has 0 aliphatic carbocycles. The van der Waals surface area contributed by atoms with Crippen molar-refractivity contribution in [1.29, 1.82) is 0 Å². The number of carbonyl (C=O) groups is 1. The third-order valence-electron chi connectivity index (χ3n) is 4.46. The number of fused-ring (bicyclic) bond motifs is 1. The van der Waals surface area contributed by atoms with E-state index < -0.39 is 4.92 Å². The number of nitrogens with zero attached hydrogens (tertiary/aromatic N) is 2. The van der Waals surface area contributed by atoms with Crippen LogP contribution in [-0.4, -0.2) is 29.9 Å². The van der Waals surface area contributed by atoms with Gasteiger partial charge in [-0.25, -0.2) is 0 Å². The van der Waals surface area contributed by atoms with E-state index >= 15 is 0 Å². The van der Waals surface area contributed by atoms with Gasteiger partial charge in [-0.1, -0.05) is 30.3 Å². The molecule has 6 nitrogen and oxygen atoms in total. The molecule has 1 amide bonds. The maximum Gasteiger partial charge on any atom is 0.269 e. The zero-order valence-corrected chi connectivity index (χ0v) is 15.2. The van der Waals surface area contributed by atoms with E-state index in [1.54, 1.807) is 31.2 Å². The molecule has 0 heterocycles. The molecule has 0 saturated carbocycles. The summed E-state index contributed by atoms with van der Waals surface area (Å²) in [5, 5.41) is 12.9. The van der Waals surface area contributed by atoms with Crippen LogP contribution in [0.15, 0.2) is 60.7 Å². The van der Waals surface area contributed by atoms with Crippen LogP contribution in [0.5, 0.6) is 5.75 Å². The smallest absolute Gasteiger partial charge is 0.269 e. The number of likely N-dealkylation sites (N-methyl/N-ethyl adjacent to an activating group) is 1. The fraction of sp³-hybridized carbons (Fsp3) is 0.190. The van der Waals surface area contributed by atoms with Gasteiger partial charge in [0.05, 0.1) is 18.5 Å². The van der Waals surface area contributed by atoms with Crippen molar-refractivity contribution in [2.75, 3.05) is 14.2 Å². The highest BCUT2D eigenvalue weighted by molar-refractivity contribution is 5.85. The lowest BCUT2D eigenvalue weighted by Crippen LogP contribution is -2.27. The lowest BCUT2D eigenvalue weighted by molar-refractivity contribution is -0.384. The maximum atomic E-state index is 12.5. The predicted octanol–water partition coefficient (Wildman–Crippen LogP) is 3.96. The number of methoxy groups -OCH3 is 1. The number of amides is 1. The Kier molecular flexibility index (Phi) is 5.35. The second-order valence-electron chi connectivity index (χ2n) is 6.40. The molecule has 6 heteroatoms. The Morgan fingerprint density at radius 3 is 2.30 bits per heavy atom. The van der Waals surface area contributed by atoms with Crippen LogP contribution >= 0.6 is 0 Å². The number of non-ortho nitro benzene ring substituents is 1. The average molecular weight is 364 g/mol. The zero-order chi connectivity index (χ0) is 19.4. The molecule has 3 aromatic carbocycles. The second kappa shape index (κ2) is 7.86. The molecule has 0 saturated heterocycles. The number of ether oxygens (including phenoxy) is 1. The van der Waals surface area contributed by atoms with Gasteiger partial charge in [-0.2, -0.15) is 0 Å². The lowest BCUT2D eigenvalue weighted by Gasteiger charge is -2.18. The van der Waals surface area contributed by atoms with E-state index in [9.17, 15) is 14.9 Å². The van der Waals surface area contributed by atoms with Gasteiger partial charge in [0.2, 0.25) is 5.91 Å². The molecule has 0 unspecified atom stereocenters. The van der Waals surface area contributed by atoms with Crippen LogP contribution in [0.25, 0.3) is 10.8 Å². The molecule has 0 aromatic heterocycles. The maximum absolute atomic E-state index is 12.5. The van der Waals surface area contributed by atoms with Gasteiger partial charge in [0.1, 0.15) is 5.75 Å². The molecule has 3 rings (SSSR count). The molecule has 0 radical (unpaired) electrons. The second-order valence-corrected chi connectivity index (χ2v) is 6.40. The highest BCUT2D eigenvalue weighted by Gasteiger charge is 2.12. The van der Waals surface area contributed by atoms with Gasteiger partial charge >= 0.3 is 0 Å². The van der Waals surface area contributed by atoms with Gasteiger partial charge < -0.3 is 9.64 Å². The Morgan fingerprint density at radius 1 is 1.00 bits per heavy atom. The largest absolute Gasteiger partial charge is 0.497 e. The summed E-state index contributed by atoms with van der Waals surface area (Å²) in [6.45, 7) is 0.494. The minimum absolute atomic E-state index is 0.0207. The molecule has 27 heavy (non-hydrogen) atoms. The summed E-state index contributed by atoms with van der Waals surface area (Å²) < 4.78 is 5.24. The number of nitro groups is 1. The van der Waals surface area contributed by atoms with Crippen molar-refractivity contribution in [3.63, 3.8) is 0 Å². The molecular formula is C21H20N2O4. The lowest BCUT2D eigenvalue weighted by atomic mass is 10.1. The van der Waals surface area contributed by atoms with Crippen LogP contribution in [0.1, 0.15) is 11.1 Å². The Hall–Kier alpha value is -3.41. The summed E-state index contributed by atoms with van der Waals surface area (Å²) >= 11 is 0. The Labute approximate surface area is 157 Å². The van der Waals surface area contributed by atoms with E-state index in [1.165, 1.54) is 12.1 Å². The van der Waals surface area contributed by atoms with Gasteiger partial charge in [-0.05, 0) is 40.1 Å². The zero-order valence-electron chi connectivity index (χ0n) is 15.2. The summed E-state index contributed by atoms with van der Waals surface area (Å²) in [7, 11) is 3.40. The van der Waals surface area contributed by atoms with Crippen LogP contribution in [0, 0.1) is 10.1 Å². The van der Waals surface area contributed by atoms with Gasteiger partial charge in [0, 0.05) is 25.7 Å². The first-order valence-electron chi connectivity index (χ1n) is 8.50. The van der Waals surface area contributed by atoms with E-state index in [0.717, 1.165) is 27.6 Å². The Bertz CT molecular complexity index is 983. The Balaban J connectivity index is 1.66. The predicted molar refractivity (Wildman–Crippen MR) is 104 cm³/mol. The normalized spacial score (nSPS) is 10.6. The molecule has 0 spiro atoms. The molecule has 0 aliphatic rings. The summed E-state index contributed by atoms with van der Waals surface area (Å²) in [6, 6.07) is 18.0. The van der Waals surface area contributed by atoms with E-state index in [1.807, 2.05) is 30.3 Å². The minimum Gasteiger partial charge on any atom is -0.497 e. The van der Waals surface area contributed by atoms with Crippen molar-refractivity contribution >= 4 is 22.4 Å². The number of rotatable bonds is 6. The minimum atomic E-state index is -0.451. The van der Waals surface area contributed by atoms with Crippen LogP contribution in [0.2, 0.25) is 0 Å². The van der Waals surface area contributed by atoms with Crippen LogP contribution in [0.3, 0.4) is 0 Å². The van der Waals surface area contributed by atoms with E-state index in [2.05, 4.69) is 6.07 Å². The number of carbonyl (C=O) groups excluding carboxylic acids is 1. The average Bonchev–Trinajstić information content (AvgIpc) is 2.67. The van der Waals surface area contributed by atoms with Gasteiger partial charge in [-0.3, -0.25) is 14.9 Å². The summed E-state index contributed by atoms with van der Waals surface area (Å²) in [4.78, 5) is 24.4. The fourth-order valence-corrected chi connectivity index (χ4v) is 2.91. The van der Waals surface area contributed by atoms with Crippen molar-refractivity contribution in [1.82, 2.24) is 4.90 Å². The van der Waals surface area contributed by atoms with Crippen molar-refractivity contribution in [2.24, 2.45) is 0 Å². The van der Waals surface area contributed by atoms with Crippen molar-refractivity contribution in [2.45, 2.75) is 13.0 Å². The monoisotopic (exact) mass is 364 g/mol. The highest BCUT2D eigenvalue weighted by Crippen LogP contribution is 2.22. The first-order valence-corrected chi connectivity index (χ1v) is 8.50. The van der Waals surface area contributed by atoms with E-state index in [-0.39, 0.29) is 18.0 Å². The molecule has 3 aromatic rings. The van der Waals surface area contributed by atoms with Crippen molar-refractivity contribution in [3.8, 4) is 5.75 Å². The molecule has 138 valence electrons. The van der Waals surface area contributed by atoms with Crippen LogP contribution in [0.4, 0.5) is 5.69 Å². The van der Waals surface area contributed by atoms with E-state index in [0.29, 0.717) is 6.54 Å². The highest BCUT2D eigenvalue weighted by atomic mass is 16.6. The van der Waals surface area contributed by atoms with Gasteiger partial charge in [0.15, 0.2) is 0 Å². The number of benzene rings is 3. The third kappa shape index (κ3) is 4.41. The summed E-state index contributed by atoms with van der Waals surface area (Å²) in [5.74, 6) is 0.768. The molecule has 0 N–H and O–H groups in total. The fourth-order valence-electron chi connectivity index (χ4n) is 2.91. The number of hydrogen-bond donors (Lipinski definition) is 0. The van der Waals surface area contributed by atoms with Gasteiger partial charge in [0.25, 0.3) is 5.69 Å². The Morgan fingerprint density at radius 2 is 1.63 bits per heavy atom. The molecule has 0 aliphatic heterocycles. The number of hydrogen-bond acceptors (Lipinski definition) is 4. The topological polar surface area (TPSA) is 72.7 Å². The van der Waals surface area contributed by atoms with Crippen LogP contribution < -0.4 is 4.74 Å². The number of nitro benzene ring substituents is 1. The first kappa shape index (κ1) is 18.4. The molecule has 0 atom stereocenters. The van der Waals surface area contributed by atoms with E-state index in [4.69, 9.17) is 4.74 Å².